The van der Waals surface area contributed by atoms with E-state index in [9.17, 15) is 8.42 Å². The van der Waals surface area contributed by atoms with Gasteiger partial charge in [0.15, 0.2) is 0 Å². The summed E-state index contributed by atoms with van der Waals surface area (Å²) in [4.78, 5) is 6.44. The lowest BCUT2D eigenvalue weighted by atomic mass is 10.1. The van der Waals surface area contributed by atoms with Crippen LogP contribution in [0, 0.1) is 0 Å². The molecule has 0 spiro atoms. The van der Waals surface area contributed by atoms with Gasteiger partial charge in [0.05, 0.1) is 17.5 Å². The molecule has 124 valence electrons. The van der Waals surface area contributed by atoms with E-state index in [1.54, 1.807) is 19.3 Å². The van der Waals surface area contributed by atoms with Gasteiger partial charge in [-0.15, -0.1) is 0 Å². The highest BCUT2D eigenvalue weighted by Gasteiger charge is 2.26. The van der Waals surface area contributed by atoms with E-state index >= 15 is 0 Å². The Morgan fingerprint density at radius 2 is 2.22 bits per heavy atom. The first-order valence-electron chi connectivity index (χ1n) is 7.68. The predicted octanol–water partition coefficient (Wildman–Crippen LogP) is 0.774. The molecule has 0 fully saturated rings. The van der Waals surface area contributed by atoms with Crippen LogP contribution in [0.1, 0.15) is 24.2 Å². The van der Waals surface area contributed by atoms with Crippen LogP contribution in [0.15, 0.2) is 36.8 Å². The summed E-state index contributed by atoms with van der Waals surface area (Å²) < 4.78 is 28.0. The molecule has 0 radical (unpaired) electrons. The van der Waals surface area contributed by atoms with E-state index in [2.05, 4.69) is 19.7 Å². The van der Waals surface area contributed by atoms with Crippen molar-refractivity contribution in [2.24, 2.45) is 0 Å². The molecule has 2 aromatic rings. The first kappa shape index (κ1) is 16.1. The van der Waals surface area contributed by atoms with Gasteiger partial charge in [0.1, 0.15) is 0 Å². The van der Waals surface area contributed by atoms with Gasteiger partial charge in [0, 0.05) is 44.8 Å². The fourth-order valence-corrected chi connectivity index (χ4v) is 3.46. The van der Waals surface area contributed by atoms with Gasteiger partial charge < -0.3 is 0 Å². The van der Waals surface area contributed by atoms with Gasteiger partial charge in [-0.25, -0.2) is 13.1 Å². The van der Waals surface area contributed by atoms with E-state index in [1.807, 2.05) is 29.1 Å². The zero-order valence-electron chi connectivity index (χ0n) is 13.1. The number of fused-ring (bicyclic) bond motifs is 1. The summed E-state index contributed by atoms with van der Waals surface area (Å²) in [5, 5.41) is 4.35. The van der Waals surface area contributed by atoms with Crippen LogP contribution in [0.5, 0.6) is 0 Å². The van der Waals surface area contributed by atoms with Crippen LogP contribution in [0.2, 0.25) is 0 Å². The Labute approximate surface area is 136 Å². The van der Waals surface area contributed by atoms with E-state index in [4.69, 9.17) is 0 Å². The van der Waals surface area contributed by atoms with E-state index in [1.165, 1.54) is 0 Å². The number of nitrogens with zero attached hydrogens (tertiary/aromatic N) is 4. The third-order valence-corrected chi connectivity index (χ3v) is 5.37. The fraction of sp³-hybridized carbons (Fsp3) is 0.467. The first-order chi connectivity index (χ1) is 11.1. The molecule has 0 saturated carbocycles. The normalized spacial score (nSPS) is 18.7. The summed E-state index contributed by atoms with van der Waals surface area (Å²) in [7, 11) is -3.20. The Bertz CT molecular complexity index is 744. The van der Waals surface area contributed by atoms with Gasteiger partial charge in [-0.3, -0.25) is 14.6 Å². The highest BCUT2D eigenvalue weighted by atomic mass is 32.2. The van der Waals surface area contributed by atoms with Crippen molar-refractivity contribution in [2.45, 2.75) is 26.1 Å². The second-order valence-corrected chi connectivity index (χ2v) is 7.80. The van der Waals surface area contributed by atoms with Gasteiger partial charge in [-0.05, 0) is 24.6 Å². The number of sulfonamides is 1. The standard InChI is InChI=1S/C15H21N5O2S/c1-2-23(21,22)18-9-15-12-19(10-13-4-3-6-16-8-13)11-14-5-7-17-20(14)15/h3-8,15,18H,2,9-12H2,1H3/t15-/m1/s1. The van der Waals surface area contributed by atoms with Gasteiger partial charge in [-0.2, -0.15) is 5.10 Å². The molecule has 3 heterocycles. The van der Waals surface area contributed by atoms with Crippen molar-refractivity contribution in [2.75, 3.05) is 18.8 Å². The smallest absolute Gasteiger partial charge is 0.211 e. The van der Waals surface area contributed by atoms with Crippen molar-refractivity contribution in [1.82, 2.24) is 24.4 Å². The molecule has 8 heteroatoms. The second-order valence-electron chi connectivity index (χ2n) is 5.70. The summed E-state index contributed by atoms with van der Waals surface area (Å²) in [6, 6.07) is 5.95. The van der Waals surface area contributed by atoms with Crippen LogP contribution in [0.3, 0.4) is 0 Å². The summed E-state index contributed by atoms with van der Waals surface area (Å²) >= 11 is 0. The van der Waals surface area contributed by atoms with E-state index in [0.717, 1.165) is 30.9 Å². The summed E-state index contributed by atoms with van der Waals surface area (Å²) in [6.45, 7) is 4.32. The fourth-order valence-electron chi connectivity index (χ4n) is 2.81. The van der Waals surface area contributed by atoms with Crippen LogP contribution in [0.25, 0.3) is 0 Å². The van der Waals surface area contributed by atoms with Crippen molar-refractivity contribution in [3.63, 3.8) is 0 Å². The minimum Gasteiger partial charge on any atom is -0.291 e. The molecule has 0 unspecified atom stereocenters. The highest BCUT2D eigenvalue weighted by Crippen LogP contribution is 2.21. The van der Waals surface area contributed by atoms with Gasteiger partial charge in [0.25, 0.3) is 0 Å². The zero-order valence-corrected chi connectivity index (χ0v) is 13.9. The molecule has 1 atom stereocenters. The zero-order chi connectivity index (χ0) is 16.3. The molecule has 2 aromatic heterocycles. The van der Waals surface area contributed by atoms with Gasteiger partial charge >= 0.3 is 0 Å². The van der Waals surface area contributed by atoms with E-state index in [-0.39, 0.29) is 11.8 Å². The SMILES string of the molecule is CCS(=O)(=O)NC[C@@H]1CN(Cc2cccnc2)Cc2ccnn21. The lowest BCUT2D eigenvalue weighted by Gasteiger charge is -2.34. The molecule has 7 nitrogen and oxygen atoms in total. The average Bonchev–Trinajstić information content (AvgIpc) is 3.02. The van der Waals surface area contributed by atoms with Crippen molar-refractivity contribution >= 4 is 10.0 Å². The molecule has 0 saturated heterocycles. The van der Waals surface area contributed by atoms with Crippen LogP contribution in [-0.2, 0) is 23.1 Å². The molecule has 1 aliphatic heterocycles. The molecule has 1 N–H and O–H groups in total. The van der Waals surface area contributed by atoms with Crippen LogP contribution >= 0.6 is 0 Å². The lowest BCUT2D eigenvalue weighted by Crippen LogP contribution is -2.42. The minimum atomic E-state index is -3.20. The Balaban J connectivity index is 1.72. The molecule has 3 rings (SSSR count). The van der Waals surface area contributed by atoms with Crippen molar-refractivity contribution in [1.29, 1.82) is 0 Å². The molecule has 0 aromatic carbocycles. The van der Waals surface area contributed by atoms with Crippen LogP contribution in [0.4, 0.5) is 0 Å². The van der Waals surface area contributed by atoms with E-state index < -0.39 is 10.0 Å². The molecule has 1 aliphatic rings. The lowest BCUT2D eigenvalue weighted by molar-refractivity contribution is 0.168. The number of hydrogen-bond acceptors (Lipinski definition) is 5. The number of pyridine rings is 1. The third-order valence-electron chi connectivity index (χ3n) is 4.00. The van der Waals surface area contributed by atoms with Gasteiger partial charge in [0.2, 0.25) is 10.0 Å². The Hall–Kier alpha value is -1.77. The Kier molecular flexibility index (Phi) is 4.74. The number of nitrogens with one attached hydrogen (secondary N) is 1. The Morgan fingerprint density at radius 3 is 2.96 bits per heavy atom. The molecule has 0 bridgehead atoms. The third kappa shape index (κ3) is 3.95. The highest BCUT2D eigenvalue weighted by molar-refractivity contribution is 7.89. The minimum absolute atomic E-state index is 0.00764. The Morgan fingerprint density at radius 1 is 1.35 bits per heavy atom. The largest absolute Gasteiger partial charge is 0.291 e. The predicted molar refractivity (Wildman–Crippen MR) is 87.1 cm³/mol. The summed E-state index contributed by atoms with van der Waals surface area (Å²) in [6.07, 6.45) is 5.39. The maximum atomic E-state index is 11.7. The number of rotatable bonds is 6. The van der Waals surface area contributed by atoms with Crippen molar-refractivity contribution in [3.8, 4) is 0 Å². The number of aromatic nitrogens is 3. The molecular weight excluding hydrogens is 314 g/mol. The molecular formula is C15H21N5O2S. The maximum absolute atomic E-state index is 11.7. The summed E-state index contributed by atoms with van der Waals surface area (Å²) in [5.41, 5.74) is 2.24. The molecule has 23 heavy (non-hydrogen) atoms. The quantitative estimate of drug-likeness (QED) is 0.844. The topological polar surface area (TPSA) is 80.1 Å². The molecule has 0 amide bonds. The molecule has 0 aliphatic carbocycles. The summed E-state index contributed by atoms with van der Waals surface area (Å²) in [5.74, 6) is 0.0884. The first-order valence-corrected chi connectivity index (χ1v) is 9.33. The van der Waals surface area contributed by atoms with E-state index in [0.29, 0.717) is 6.54 Å². The second kappa shape index (κ2) is 6.77. The average molecular weight is 335 g/mol. The van der Waals surface area contributed by atoms with Crippen LogP contribution < -0.4 is 4.72 Å². The monoisotopic (exact) mass is 335 g/mol. The van der Waals surface area contributed by atoms with Crippen molar-refractivity contribution in [3.05, 3.63) is 48.0 Å². The number of hydrogen-bond donors (Lipinski definition) is 1. The van der Waals surface area contributed by atoms with Gasteiger partial charge in [-0.1, -0.05) is 6.07 Å². The van der Waals surface area contributed by atoms with Crippen LogP contribution in [-0.4, -0.2) is 46.9 Å². The maximum Gasteiger partial charge on any atom is 0.211 e. The van der Waals surface area contributed by atoms with Crippen molar-refractivity contribution < 1.29 is 8.42 Å².